The molecule has 3 saturated heterocycles. The van der Waals surface area contributed by atoms with Crippen molar-refractivity contribution < 1.29 is 23.7 Å². The maximum Gasteiger partial charge on any atom is 0.187 e. The summed E-state index contributed by atoms with van der Waals surface area (Å²) in [6.07, 6.45) is 2.51. The van der Waals surface area contributed by atoms with Gasteiger partial charge in [-0.2, -0.15) is 0 Å². The molecule has 3 heterocycles. The van der Waals surface area contributed by atoms with E-state index in [-0.39, 0.29) is 30.4 Å². The summed E-state index contributed by atoms with van der Waals surface area (Å²) in [4.78, 5) is 0. The van der Waals surface area contributed by atoms with Gasteiger partial charge in [0.2, 0.25) is 0 Å². The van der Waals surface area contributed by atoms with Crippen LogP contribution in [-0.4, -0.2) is 44.4 Å². The Hall–Kier alpha value is -0.980. The van der Waals surface area contributed by atoms with Gasteiger partial charge in [-0.25, -0.2) is 0 Å². The molecule has 1 aromatic rings. The molecule has 1 aliphatic carbocycles. The summed E-state index contributed by atoms with van der Waals surface area (Å²) in [5.41, 5.74) is 0.699. The average molecular weight is 332 g/mol. The zero-order chi connectivity index (χ0) is 16.1. The van der Waals surface area contributed by atoms with Crippen LogP contribution in [0.1, 0.15) is 31.1 Å². The maximum atomic E-state index is 6.29. The van der Waals surface area contributed by atoms with E-state index in [1.54, 1.807) is 7.11 Å². The fourth-order valence-corrected chi connectivity index (χ4v) is 4.84. The third-order valence-electron chi connectivity index (χ3n) is 6.24. The molecule has 0 amide bonds. The van der Waals surface area contributed by atoms with Crippen molar-refractivity contribution in [2.45, 2.75) is 49.7 Å². The summed E-state index contributed by atoms with van der Waals surface area (Å²) in [7, 11) is 1.71. The second kappa shape index (κ2) is 5.78. The predicted molar refractivity (Wildman–Crippen MR) is 85.2 cm³/mol. The Labute approximate surface area is 142 Å². The standard InChI is InChI=1S/C19H24O5/c1-20-18-19(14-8-7-13(14)10-22-19)9-15-16(24-18)11-21-17(23-15)12-5-3-2-4-6-12/h2-6,13-18H,7-11H2,1H3/t13-,14-,15+,16-,17?,18+,19+/m1/s1. The Bertz CT molecular complexity index is 593. The van der Waals surface area contributed by atoms with Crippen molar-refractivity contribution in [3.8, 4) is 0 Å². The summed E-state index contributed by atoms with van der Waals surface area (Å²) >= 11 is 0. The van der Waals surface area contributed by atoms with Gasteiger partial charge in [0.1, 0.15) is 11.7 Å². The molecule has 5 rings (SSSR count). The fourth-order valence-electron chi connectivity index (χ4n) is 4.84. The van der Waals surface area contributed by atoms with Crippen LogP contribution in [0.25, 0.3) is 0 Å². The van der Waals surface area contributed by atoms with Crippen molar-refractivity contribution >= 4 is 0 Å². The Morgan fingerprint density at radius 3 is 2.62 bits per heavy atom. The third kappa shape index (κ3) is 2.19. The monoisotopic (exact) mass is 332 g/mol. The maximum absolute atomic E-state index is 6.29. The van der Waals surface area contributed by atoms with Gasteiger partial charge in [-0.1, -0.05) is 30.3 Å². The topological polar surface area (TPSA) is 46.2 Å². The summed E-state index contributed by atoms with van der Waals surface area (Å²) in [6, 6.07) is 10.1. The molecule has 1 aromatic carbocycles. The molecule has 1 unspecified atom stereocenters. The van der Waals surface area contributed by atoms with E-state index in [2.05, 4.69) is 0 Å². The van der Waals surface area contributed by atoms with Crippen LogP contribution in [0.3, 0.4) is 0 Å². The number of fused-ring (bicyclic) bond motifs is 3. The molecular formula is C19H24O5. The smallest absolute Gasteiger partial charge is 0.187 e. The van der Waals surface area contributed by atoms with E-state index in [1.807, 2.05) is 30.3 Å². The lowest BCUT2D eigenvalue weighted by atomic mass is 9.64. The molecule has 1 saturated carbocycles. The Kier molecular flexibility index (Phi) is 3.68. The first-order valence-electron chi connectivity index (χ1n) is 8.94. The van der Waals surface area contributed by atoms with Crippen LogP contribution in [0.4, 0.5) is 0 Å². The number of ether oxygens (including phenoxy) is 5. The van der Waals surface area contributed by atoms with Crippen molar-refractivity contribution in [3.63, 3.8) is 0 Å². The summed E-state index contributed by atoms with van der Waals surface area (Å²) < 4.78 is 30.4. The van der Waals surface area contributed by atoms with Gasteiger partial charge >= 0.3 is 0 Å². The summed E-state index contributed by atoms with van der Waals surface area (Å²) in [5.74, 6) is 1.19. The Morgan fingerprint density at radius 1 is 1.04 bits per heavy atom. The van der Waals surface area contributed by atoms with Crippen molar-refractivity contribution in [2.24, 2.45) is 11.8 Å². The van der Waals surface area contributed by atoms with Crippen LogP contribution in [0, 0.1) is 11.8 Å². The molecule has 0 bridgehead atoms. The molecule has 130 valence electrons. The zero-order valence-corrected chi connectivity index (χ0v) is 13.9. The van der Waals surface area contributed by atoms with Crippen molar-refractivity contribution in [3.05, 3.63) is 35.9 Å². The minimum atomic E-state index is -0.350. The third-order valence-corrected chi connectivity index (χ3v) is 6.24. The first kappa shape index (κ1) is 15.3. The molecule has 24 heavy (non-hydrogen) atoms. The van der Waals surface area contributed by atoms with E-state index >= 15 is 0 Å². The van der Waals surface area contributed by atoms with E-state index in [0.717, 1.165) is 18.6 Å². The second-order valence-electron chi connectivity index (χ2n) is 7.41. The molecule has 5 nitrogen and oxygen atoms in total. The van der Waals surface area contributed by atoms with Gasteiger partial charge in [0, 0.05) is 19.1 Å². The van der Waals surface area contributed by atoms with Gasteiger partial charge in [0.05, 0.1) is 19.3 Å². The molecule has 0 aromatic heterocycles. The number of hydrogen-bond donors (Lipinski definition) is 0. The predicted octanol–water partition coefficient (Wildman–Crippen LogP) is 2.66. The van der Waals surface area contributed by atoms with Gasteiger partial charge < -0.3 is 23.7 Å². The molecule has 0 radical (unpaired) electrons. The lowest BCUT2D eigenvalue weighted by molar-refractivity contribution is -0.362. The molecule has 7 atom stereocenters. The largest absolute Gasteiger partial charge is 0.369 e. The molecule has 4 aliphatic rings. The van der Waals surface area contributed by atoms with Gasteiger partial charge in [0.15, 0.2) is 12.6 Å². The van der Waals surface area contributed by atoms with Crippen molar-refractivity contribution in [1.82, 2.24) is 0 Å². The lowest BCUT2D eigenvalue weighted by Crippen LogP contribution is -2.63. The molecular weight excluding hydrogens is 308 g/mol. The highest BCUT2D eigenvalue weighted by molar-refractivity contribution is 5.17. The van der Waals surface area contributed by atoms with Crippen molar-refractivity contribution in [2.75, 3.05) is 20.3 Å². The lowest BCUT2D eigenvalue weighted by Gasteiger charge is -2.52. The van der Waals surface area contributed by atoms with Crippen LogP contribution in [0.15, 0.2) is 30.3 Å². The zero-order valence-electron chi connectivity index (χ0n) is 13.9. The van der Waals surface area contributed by atoms with E-state index in [1.165, 1.54) is 12.8 Å². The molecule has 0 N–H and O–H groups in total. The second-order valence-corrected chi connectivity index (χ2v) is 7.41. The SMILES string of the molecule is CO[C@H]1O[C@@H]2COC(c3ccccc3)O[C@H]2C[C@@]12OC[C@H]1CC[C@H]12. The Morgan fingerprint density at radius 2 is 1.92 bits per heavy atom. The summed E-state index contributed by atoms with van der Waals surface area (Å²) in [6.45, 7) is 1.35. The van der Waals surface area contributed by atoms with Crippen LogP contribution >= 0.6 is 0 Å². The number of rotatable bonds is 2. The van der Waals surface area contributed by atoms with E-state index < -0.39 is 0 Å². The molecule has 4 fully saturated rings. The van der Waals surface area contributed by atoms with Gasteiger partial charge in [-0.15, -0.1) is 0 Å². The fraction of sp³-hybridized carbons (Fsp3) is 0.684. The summed E-state index contributed by atoms with van der Waals surface area (Å²) in [5, 5.41) is 0. The minimum Gasteiger partial charge on any atom is -0.369 e. The quantitative estimate of drug-likeness (QED) is 0.833. The van der Waals surface area contributed by atoms with Crippen LogP contribution in [-0.2, 0) is 23.7 Å². The Balaban J connectivity index is 1.38. The first-order valence-corrected chi connectivity index (χ1v) is 8.94. The van der Waals surface area contributed by atoms with Gasteiger partial charge in [-0.05, 0) is 24.7 Å². The number of benzene rings is 1. The van der Waals surface area contributed by atoms with Crippen LogP contribution in [0.2, 0.25) is 0 Å². The number of hydrogen-bond acceptors (Lipinski definition) is 5. The van der Waals surface area contributed by atoms with Gasteiger partial charge in [0.25, 0.3) is 0 Å². The highest BCUT2D eigenvalue weighted by Gasteiger charge is 2.63. The van der Waals surface area contributed by atoms with Crippen molar-refractivity contribution in [1.29, 1.82) is 0 Å². The average Bonchev–Trinajstić information content (AvgIpc) is 2.84. The highest BCUT2D eigenvalue weighted by Crippen LogP contribution is 2.56. The first-order chi connectivity index (χ1) is 11.8. The minimum absolute atomic E-state index is 0.0188. The van der Waals surface area contributed by atoms with E-state index in [4.69, 9.17) is 23.7 Å². The highest BCUT2D eigenvalue weighted by atomic mass is 16.8. The number of methoxy groups -OCH3 is 1. The van der Waals surface area contributed by atoms with Gasteiger partial charge in [-0.3, -0.25) is 0 Å². The molecule has 1 spiro atoms. The van der Waals surface area contributed by atoms with E-state index in [9.17, 15) is 0 Å². The van der Waals surface area contributed by atoms with Crippen LogP contribution < -0.4 is 0 Å². The van der Waals surface area contributed by atoms with E-state index in [0.29, 0.717) is 18.4 Å². The van der Waals surface area contributed by atoms with Crippen LogP contribution in [0.5, 0.6) is 0 Å². The normalized spacial score (nSPS) is 47.0. The molecule has 5 heteroatoms. The molecule has 3 aliphatic heterocycles.